The number of rotatable bonds is 5. The molecule has 8 heteroatoms. The molecule has 1 saturated heterocycles. The van der Waals surface area contributed by atoms with Gasteiger partial charge in [-0.1, -0.05) is 0 Å². The number of pyridine rings is 2. The summed E-state index contributed by atoms with van der Waals surface area (Å²) < 4.78 is 1.78. The number of nitriles is 1. The zero-order valence-corrected chi connectivity index (χ0v) is 16.3. The van der Waals surface area contributed by atoms with Gasteiger partial charge in [-0.3, -0.25) is 4.68 Å². The molecule has 1 aliphatic rings. The molecule has 29 heavy (non-hydrogen) atoms. The summed E-state index contributed by atoms with van der Waals surface area (Å²) >= 11 is 0. The molecule has 0 spiro atoms. The van der Waals surface area contributed by atoms with Gasteiger partial charge < -0.3 is 15.2 Å². The molecule has 146 valence electrons. The number of aromatic nitrogens is 5. The summed E-state index contributed by atoms with van der Waals surface area (Å²) in [5, 5.41) is 19.3. The predicted molar refractivity (Wildman–Crippen MR) is 112 cm³/mol. The molecule has 5 heterocycles. The molecule has 0 unspecified atom stereocenters. The molecule has 1 fully saturated rings. The average molecular weight is 386 g/mol. The maximum absolute atomic E-state index is 9.63. The number of fused-ring (bicyclic) bond motifs is 3. The minimum atomic E-state index is 0.409. The van der Waals surface area contributed by atoms with Gasteiger partial charge >= 0.3 is 0 Å². The first-order valence-electron chi connectivity index (χ1n) is 9.89. The van der Waals surface area contributed by atoms with Crippen LogP contribution in [0.15, 0.2) is 30.9 Å². The average Bonchev–Trinajstić information content (AvgIpc) is 3.47. The fourth-order valence-corrected chi connectivity index (χ4v) is 4.10. The molecular weight excluding hydrogens is 364 g/mol. The Bertz CT molecular complexity index is 1220. The van der Waals surface area contributed by atoms with Crippen LogP contribution in [0.5, 0.6) is 0 Å². The Morgan fingerprint density at radius 1 is 1.17 bits per heavy atom. The fourth-order valence-electron chi connectivity index (χ4n) is 4.10. The van der Waals surface area contributed by atoms with Crippen LogP contribution in [-0.4, -0.2) is 55.8 Å². The van der Waals surface area contributed by atoms with Crippen LogP contribution in [0.2, 0.25) is 0 Å². The molecule has 0 amide bonds. The van der Waals surface area contributed by atoms with E-state index in [0.29, 0.717) is 5.69 Å². The van der Waals surface area contributed by atoms with Crippen molar-refractivity contribution >= 4 is 27.6 Å². The Morgan fingerprint density at radius 3 is 2.79 bits per heavy atom. The highest BCUT2D eigenvalue weighted by Gasteiger charge is 2.17. The molecule has 0 bridgehead atoms. The van der Waals surface area contributed by atoms with Crippen LogP contribution >= 0.6 is 0 Å². The van der Waals surface area contributed by atoms with Crippen molar-refractivity contribution < 1.29 is 0 Å². The number of H-pyrrole nitrogens is 1. The molecule has 5 rings (SSSR count). The highest BCUT2D eigenvalue weighted by molar-refractivity contribution is 6.13. The van der Waals surface area contributed by atoms with Crippen LogP contribution < -0.4 is 5.32 Å². The van der Waals surface area contributed by atoms with E-state index >= 15 is 0 Å². The van der Waals surface area contributed by atoms with Gasteiger partial charge in [0.25, 0.3) is 0 Å². The van der Waals surface area contributed by atoms with Crippen molar-refractivity contribution in [2.75, 3.05) is 31.5 Å². The predicted octanol–water partition coefficient (Wildman–Crippen LogP) is 2.89. The zero-order valence-electron chi connectivity index (χ0n) is 16.3. The fraction of sp³-hybridized carbons (Fsp3) is 0.333. The van der Waals surface area contributed by atoms with Gasteiger partial charge in [-0.05, 0) is 32.0 Å². The van der Waals surface area contributed by atoms with Gasteiger partial charge in [0.1, 0.15) is 11.7 Å². The number of nitrogens with zero attached hydrogens (tertiary/aromatic N) is 6. The summed E-state index contributed by atoms with van der Waals surface area (Å²) in [7, 11) is 1.90. The van der Waals surface area contributed by atoms with Gasteiger partial charge in [-0.25, -0.2) is 9.97 Å². The quantitative estimate of drug-likeness (QED) is 0.547. The summed E-state index contributed by atoms with van der Waals surface area (Å²) in [6.07, 6.45) is 9.89. The lowest BCUT2D eigenvalue weighted by Gasteiger charge is -2.16. The first-order chi connectivity index (χ1) is 14.2. The summed E-state index contributed by atoms with van der Waals surface area (Å²) in [6, 6.07) is 4.34. The highest BCUT2D eigenvalue weighted by Crippen LogP contribution is 2.34. The maximum atomic E-state index is 9.63. The van der Waals surface area contributed by atoms with E-state index in [1.165, 1.54) is 12.8 Å². The number of nitrogens with one attached hydrogen (secondary N) is 2. The van der Waals surface area contributed by atoms with Crippen molar-refractivity contribution in [2.45, 2.75) is 12.8 Å². The van der Waals surface area contributed by atoms with Crippen molar-refractivity contribution in [1.29, 1.82) is 5.26 Å². The van der Waals surface area contributed by atoms with Crippen LogP contribution in [0.4, 0.5) is 5.69 Å². The van der Waals surface area contributed by atoms with Crippen molar-refractivity contribution in [2.24, 2.45) is 7.05 Å². The first kappa shape index (κ1) is 17.6. The maximum Gasteiger partial charge on any atom is 0.164 e. The second-order valence-electron chi connectivity index (χ2n) is 7.51. The Kier molecular flexibility index (Phi) is 4.37. The largest absolute Gasteiger partial charge is 0.381 e. The molecule has 1 aliphatic heterocycles. The minimum Gasteiger partial charge on any atom is -0.381 e. The molecular formula is C21H22N8. The number of aryl methyl sites for hydroxylation is 1. The standard InChI is InChI=1S/C21H22N8/c1-28-13-15(11-26-28)14-8-16-19-18(27-21(16)25-10-14)12-24-17(9-22)20(19)23-4-7-29-5-2-3-6-29/h8,10-13,23H,2-7H2,1H3,(H,25,27). The summed E-state index contributed by atoms with van der Waals surface area (Å²) in [5.74, 6) is 0. The van der Waals surface area contributed by atoms with Crippen molar-refractivity contribution in [1.82, 2.24) is 29.6 Å². The molecule has 0 saturated carbocycles. The van der Waals surface area contributed by atoms with Crippen LogP contribution in [0.25, 0.3) is 33.1 Å². The smallest absolute Gasteiger partial charge is 0.164 e. The monoisotopic (exact) mass is 386 g/mol. The van der Waals surface area contributed by atoms with Crippen molar-refractivity contribution in [3.05, 3.63) is 36.5 Å². The second kappa shape index (κ2) is 7.18. The zero-order chi connectivity index (χ0) is 19.8. The first-order valence-corrected chi connectivity index (χ1v) is 9.89. The van der Waals surface area contributed by atoms with Crippen molar-refractivity contribution in [3.63, 3.8) is 0 Å². The van der Waals surface area contributed by atoms with E-state index in [-0.39, 0.29) is 0 Å². The Labute approximate surface area is 168 Å². The third-order valence-electron chi connectivity index (χ3n) is 5.56. The number of hydrogen-bond donors (Lipinski definition) is 2. The third kappa shape index (κ3) is 3.19. The summed E-state index contributed by atoms with van der Waals surface area (Å²) in [4.78, 5) is 14.7. The van der Waals surface area contributed by atoms with E-state index in [1.807, 2.05) is 25.6 Å². The second-order valence-corrected chi connectivity index (χ2v) is 7.51. The van der Waals surface area contributed by atoms with Crippen LogP contribution in [0, 0.1) is 11.3 Å². The van der Waals surface area contributed by atoms with Gasteiger partial charge in [0.2, 0.25) is 0 Å². The van der Waals surface area contributed by atoms with Gasteiger partial charge in [0.15, 0.2) is 5.69 Å². The molecule has 4 aromatic rings. The van der Waals surface area contributed by atoms with Gasteiger partial charge in [-0.2, -0.15) is 10.4 Å². The van der Waals surface area contributed by atoms with Crippen LogP contribution in [0.3, 0.4) is 0 Å². The van der Waals surface area contributed by atoms with Crippen LogP contribution in [-0.2, 0) is 7.05 Å². The van der Waals surface area contributed by atoms with E-state index in [1.54, 1.807) is 10.9 Å². The lowest BCUT2D eigenvalue weighted by atomic mass is 10.1. The lowest BCUT2D eigenvalue weighted by Crippen LogP contribution is -2.26. The summed E-state index contributed by atoms with van der Waals surface area (Å²) in [5.41, 5.74) is 4.84. The van der Waals surface area contributed by atoms with Gasteiger partial charge in [0, 0.05) is 54.4 Å². The number of aromatic amines is 1. The molecule has 4 aromatic heterocycles. The highest BCUT2D eigenvalue weighted by atomic mass is 15.2. The third-order valence-corrected chi connectivity index (χ3v) is 5.56. The topological polar surface area (TPSA) is 98.4 Å². The number of hydrogen-bond acceptors (Lipinski definition) is 6. The minimum absolute atomic E-state index is 0.409. The Morgan fingerprint density at radius 2 is 2.03 bits per heavy atom. The molecule has 0 aliphatic carbocycles. The van der Waals surface area contributed by atoms with Crippen LogP contribution in [0.1, 0.15) is 18.5 Å². The Balaban J connectivity index is 1.58. The lowest BCUT2D eigenvalue weighted by molar-refractivity contribution is 0.353. The molecule has 0 radical (unpaired) electrons. The van der Waals surface area contributed by atoms with E-state index in [0.717, 1.165) is 64.9 Å². The molecule has 8 nitrogen and oxygen atoms in total. The summed E-state index contributed by atoms with van der Waals surface area (Å²) in [6.45, 7) is 4.04. The van der Waals surface area contributed by atoms with E-state index in [2.05, 4.69) is 42.4 Å². The molecule has 0 aromatic carbocycles. The van der Waals surface area contributed by atoms with E-state index in [4.69, 9.17) is 0 Å². The van der Waals surface area contributed by atoms with Crippen molar-refractivity contribution in [3.8, 4) is 17.2 Å². The number of anilines is 1. The molecule has 2 N–H and O–H groups in total. The normalized spacial score (nSPS) is 14.6. The van der Waals surface area contributed by atoms with E-state index < -0.39 is 0 Å². The van der Waals surface area contributed by atoms with Gasteiger partial charge in [-0.15, -0.1) is 0 Å². The van der Waals surface area contributed by atoms with E-state index in [9.17, 15) is 5.26 Å². The Hall–Kier alpha value is -3.44. The molecule has 0 atom stereocenters. The van der Waals surface area contributed by atoms with Gasteiger partial charge in [0.05, 0.1) is 23.6 Å². The number of likely N-dealkylation sites (tertiary alicyclic amines) is 1. The SMILES string of the molecule is Cn1cc(-c2cnc3[nH]c4cnc(C#N)c(NCCN5CCCC5)c4c3c2)cn1.